The van der Waals surface area contributed by atoms with Crippen LogP contribution in [0.3, 0.4) is 0 Å². The number of fused-ring (bicyclic) bond motifs is 2. The second-order valence-corrected chi connectivity index (χ2v) is 61.2. The quantitative estimate of drug-likeness (QED) is 0.117. The van der Waals surface area contributed by atoms with Gasteiger partial charge in [0.25, 0.3) is 0 Å². The Balaban J connectivity index is 1.64. The normalized spacial score (nSPS) is 17.6. The molecule has 0 amide bonds. The first-order valence-electron chi connectivity index (χ1n) is 22.0. The zero-order chi connectivity index (χ0) is 41.0. The summed E-state index contributed by atoms with van der Waals surface area (Å²) in [6, 6.07) is 24.5. The van der Waals surface area contributed by atoms with Gasteiger partial charge in [-0.2, -0.15) is 0 Å². The van der Waals surface area contributed by atoms with Gasteiger partial charge in [0.15, 0.2) is 0 Å². The van der Waals surface area contributed by atoms with E-state index in [4.69, 9.17) is 17.0 Å². The van der Waals surface area contributed by atoms with E-state index in [1.165, 1.54) is 89.0 Å². The average molecular weight is 884 g/mol. The van der Waals surface area contributed by atoms with Gasteiger partial charge in [-0.1, -0.05) is 0 Å². The molecule has 6 rings (SSSR count). The Hall–Kier alpha value is -1.96. The van der Waals surface area contributed by atoms with E-state index in [0.717, 1.165) is 25.7 Å². The van der Waals surface area contributed by atoms with Crippen LogP contribution in [0.4, 0.5) is 0 Å². The van der Waals surface area contributed by atoms with Crippen LogP contribution in [-0.2, 0) is 28.4 Å². The minimum absolute atomic E-state index is 0.0889. The molecular formula is C52H69Cl2SiZr. The van der Waals surface area contributed by atoms with Crippen LogP contribution in [-0.4, -0.2) is 5.92 Å². The van der Waals surface area contributed by atoms with Gasteiger partial charge in [0.2, 0.25) is 0 Å². The van der Waals surface area contributed by atoms with Gasteiger partial charge in [-0.25, -0.2) is 0 Å². The molecule has 0 saturated heterocycles. The summed E-state index contributed by atoms with van der Waals surface area (Å²) in [5, 5.41) is 0. The van der Waals surface area contributed by atoms with E-state index >= 15 is 0 Å². The van der Waals surface area contributed by atoms with Crippen molar-refractivity contribution in [3.63, 3.8) is 0 Å². The van der Waals surface area contributed by atoms with Crippen LogP contribution in [0.5, 0.6) is 0 Å². The molecule has 0 saturated carbocycles. The summed E-state index contributed by atoms with van der Waals surface area (Å²) in [6.45, 7) is 32.9. The second kappa shape index (κ2) is 16.6. The Morgan fingerprint density at radius 3 is 1.07 bits per heavy atom. The fourth-order valence-electron chi connectivity index (χ4n) is 10.1. The van der Waals surface area contributed by atoms with Gasteiger partial charge in [0.1, 0.15) is 0 Å². The summed E-state index contributed by atoms with van der Waals surface area (Å²) >= 11 is -4.95. The van der Waals surface area contributed by atoms with Crippen molar-refractivity contribution in [3.8, 4) is 22.3 Å². The van der Waals surface area contributed by atoms with Crippen LogP contribution in [0.1, 0.15) is 182 Å². The number of halogens is 2. The maximum atomic E-state index is 8.91. The molecule has 0 aromatic heterocycles. The van der Waals surface area contributed by atoms with Crippen LogP contribution in [0, 0.1) is 0 Å². The summed E-state index contributed by atoms with van der Waals surface area (Å²) < 4.78 is 0.178. The van der Waals surface area contributed by atoms with Crippen molar-refractivity contribution in [2.75, 3.05) is 0 Å². The molecule has 4 heteroatoms. The van der Waals surface area contributed by atoms with Crippen molar-refractivity contribution in [2.45, 2.75) is 153 Å². The minimum atomic E-state index is -4.95. The van der Waals surface area contributed by atoms with Crippen molar-refractivity contribution >= 4 is 35.1 Å². The van der Waals surface area contributed by atoms with Crippen molar-refractivity contribution in [1.29, 1.82) is 0 Å². The summed E-state index contributed by atoms with van der Waals surface area (Å²) in [5.74, 6) is 0.136. The molecule has 2 atom stereocenters. The van der Waals surface area contributed by atoms with E-state index in [-0.39, 0.29) is 7.25 Å². The number of benzene rings is 4. The number of hydrogen-bond acceptors (Lipinski definition) is 0. The topological polar surface area (TPSA) is 0 Å². The molecule has 0 aliphatic heterocycles. The molecule has 4 aromatic rings. The molecule has 0 fully saturated rings. The van der Waals surface area contributed by atoms with Gasteiger partial charge in [0.05, 0.1) is 0 Å². The number of hydrogen-bond donors (Lipinski definition) is 0. The number of allylic oxidation sites excluding steroid dienone is 2. The molecule has 2 aliphatic carbocycles. The first kappa shape index (κ1) is 43.6. The van der Waals surface area contributed by atoms with E-state index in [1.54, 1.807) is 0 Å². The molecule has 0 heterocycles. The average Bonchev–Trinajstić information content (AvgIpc) is 3.76. The van der Waals surface area contributed by atoms with Crippen molar-refractivity contribution in [2.24, 2.45) is 0 Å². The predicted octanol–water partition coefficient (Wildman–Crippen LogP) is 17.0. The maximum absolute atomic E-state index is 8.91. The van der Waals surface area contributed by atoms with E-state index in [9.17, 15) is 0 Å². The van der Waals surface area contributed by atoms with Crippen LogP contribution in [0.2, 0.25) is 13.1 Å². The van der Waals surface area contributed by atoms with Gasteiger partial charge in [-0.3, -0.25) is 0 Å². The molecule has 2 unspecified atom stereocenters. The van der Waals surface area contributed by atoms with Gasteiger partial charge in [0, 0.05) is 0 Å². The third kappa shape index (κ3) is 7.33. The zero-order valence-electron chi connectivity index (χ0n) is 37.1. The first-order valence-corrected chi connectivity index (χ1v) is 38.3. The van der Waals surface area contributed by atoms with Gasteiger partial charge in [-0.15, -0.1) is 0 Å². The third-order valence-corrected chi connectivity index (χ3v) is 65.6. The van der Waals surface area contributed by atoms with Crippen LogP contribution in [0.25, 0.3) is 34.4 Å². The summed E-state index contributed by atoms with van der Waals surface area (Å²) in [4.78, 5) is 0. The van der Waals surface area contributed by atoms with Crippen LogP contribution in [0.15, 0.2) is 71.8 Å². The second-order valence-electron chi connectivity index (χ2n) is 18.7. The SMILES string of the molecule is CCC1=Cc2c(ccc(CC)c2-c2cc(C(C)C)cc(C(C)C)c2)[CH]1[Zr]([Cl])([Cl])([CH]1C(CC)=Cc2c1ccc(CC)c2-c1cc(C(C)C)cc(C(C)C)c1)[SiH](C)C. The molecule has 4 aromatic carbocycles. The molecule has 2 aliphatic rings. The molecule has 0 bridgehead atoms. The van der Waals surface area contributed by atoms with Crippen molar-refractivity contribution < 1.29 is 15.6 Å². The van der Waals surface area contributed by atoms with Crippen LogP contribution >= 0.6 is 17.0 Å². The molecule has 0 radical (unpaired) electrons. The summed E-state index contributed by atoms with van der Waals surface area (Å²) in [7, 11) is 17.8. The van der Waals surface area contributed by atoms with Gasteiger partial charge >= 0.3 is 353 Å². The van der Waals surface area contributed by atoms with E-state index < -0.39 is 21.5 Å². The van der Waals surface area contributed by atoms with E-state index in [2.05, 4.69) is 169 Å². The Morgan fingerprint density at radius 2 is 0.821 bits per heavy atom. The molecular weight excluding hydrogens is 815 g/mol. The Bertz CT molecular complexity index is 2000. The van der Waals surface area contributed by atoms with Crippen LogP contribution < -0.4 is 0 Å². The Labute approximate surface area is 350 Å². The number of rotatable bonds is 13. The monoisotopic (exact) mass is 881 g/mol. The first-order chi connectivity index (χ1) is 26.4. The predicted molar refractivity (Wildman–Crippen MR) is 251 cm³/mol. The molecule has 0 nitrogen and oxygen atoms in total. The fourth-order valence-corrected chi connectivity index (χ4v) is 41.9. The molecule has 0 spiro atoms. The van der Waals surface area contributed by atoms with Crippen molar-refractivity contribution in [3.05, 3.63) is 127 Å². The summed E-state index contributed by atoms with van der Waals surface area (Å²) in [6.07, 6.45) is 9.00. The van der Waals surface area contributed by atoms with E-state index in [1.807, 2.05) is 0 Å². The van der Waals surface area contributed by atoms with Gasteiger partial charge in [-0.05, 0) is 0 Å². The zero-order valence-corrected chi connectivity index (χ0v) is 42.2. The fraction of sp³-hybridized carbons (Fsp3) is 0.462. The molecule has 0 N–H and O–H groups in total. The summed E-state index contributed by atoms with van der Waals surface area (Å²) in [5.41, 5.74) is 22.4. The van der Waals surface area contributed by atoms with Gasteiger partial charge < -0.3 is 0 Å². The third-order valence-electron chi connectivity index (χ3n) is 13.7. The Morgan fingerprint density at radius 1 is 0.500 bits per heavy atom. The standard InChI is InChI=1S/2C25H31.C2H7Si.2ClH.Zr/c2*1-7-18-11-20-10-9-19(8-2)25(24(20)12-18)23-14-21(16(3)4)13-22(15-23)17(5)6;1-3-2;;;/h2*9-17H,7-8H2,1-6H3;3H,1-2H3;2*1H;/q;;;;;+2/p-2. The van der Waals surface area contributed by atoms with E-state index in [0.29, 0.717) is 23.7 Å². The Kier molecular flexibility index (Phi) is 12.9. The molecule has 56 heavy (non-hydrogen) atoms. The number of aryl methyl sites for hydroxylation is 2. The molecule has 299 valence electrons. The van der Waals surface area contributed by atoms with Crippen molar-refractivity contribution in [1.82, 2.24) is 0 Å².